The fraction of sp³-hybridized carbons (Fsp3) is 0.237. The quantitative estimate of drug-likeness (QED) is 0.141. The monoisotopic (exact) mass is 648 g/mol. The van der Waals surface area contributed by atoms with E-state index in [1.165, 1.54) is 12.1 Å². The summed E-state index contributed by atoms with van der Waals surface area (Å²) in [5, 5.41) is 9.16. The molecular formula is C38H37FN4O5. The molecule has 4 aromatic carbocycles. The first kappa shape index (κ1) is 32.5. The lowest BCUT2D eigenvalue weighted by atomic mass is 9.91. The van der Waals surface area contributed by atoms with Gasteiger partial charge in [0.15, 0.2) is 23.1 Å². The van der Waals surface area contributed by atoms with Crippen molar-refractivity contribution in [2.75, 3.05) is 38.7 Å². The minimum Gasteiger partial charge on any atom is -0.491 e. The molecule has 9 nitrogen and oxygen atoms in total. The van der Waals surface area contributed by atoms with E-state index in [0.29, 0.717) is 40.7 Å². The van der Waals surface area contributed by atoms with Crippen molar-refractivity contribution >= 4 is 28.4 Å². The van der Waals surface area contributed by atoms with E-state index in [-0.39, 0.29) is 23.9 Å². The number of carbonyl (C=O) groups excluding carboxylic acids is 2. The molecule has 246 valence electrons. The first-order valence-corrected chi connectivity index (χ1v) is 16.0. The summed E-state index contributed by atoms with van der Waals surface area (Å²) in [4.78, 5) is 30.0. The van der Waals surface area contributed by atoms with Crippen molar-refractivity contribution in [1.29, 1.82) is 0 Å². The van der Waals surface area contributed by atoms with E-state index in [1.54, 1.807) is 25.4 Å². The number of halogens is 1. The minimum absolute atomic E-state index is 0.0660. The van der Waals surface area contributed by atoms with E-state index in [0.717, 1.165) is 43.1 Å². The number of benzene rings is 4. The molecule has 6 rings (SSSR count). The first-order valence-electron chi connectivity index (χ1n) is 16.0. The molecule has 5 aromatic rings. The van der Waals surface area contributed by atoms with Crippen molar-refractivity contribution in [2.24, 2.45) is 5.92 Å². The highest BCUT2D eigenvalue weighted by molar-refractivity contribution is 6.39. The van der Waals surface area contributed by atoms with Crippen LogP contribution in [0.1, 0.15) is 29.9 Å². The zero-order valence-corrected chi connectivity index (χ0v) is 26.6. The lowest BCUT2D eigenvalue weighted by Crippen LogP contribution is -2.37. The summed E-state index contributed by atoms with van der Waals surface area (Å²) in [7, 11) is 1.55. The van der Waals surface area contributed by atoms with Crippen LogP contribution in [0, 0.1) is 11.7 Å². The number of anilines is 1. The Hall–Kier alpha value is -5.48. The van der Waals surface area contributed by atoms with Crippen LogP contribution in [0.15, 0.2) is 103 Å². The highest BCUT2D eigenvalue weighted by atomic mass is 19.1. The number of nitrogens with zero attached hydrogens (tertiary/aromatic N) is 1. The fourth-order valence-corrected chi connectivity index (χ4v) is 5.85. The van der Waals surface area contributed by atoms with Crippen molar-refractivity contribution in [3.8, 4) is 23.0 Å². The van der Waals surface area contributed by atoms with Gasteiger partial charge in [-0.2, -0.15) is 0 Å². The third kappa shape index (κ3) is 7.72. The number of ether oxygens (including phenoxy) is 3. The summed E-state index contributed by atoms with van der Waals surface area (Å²) >= 11 is 0. The second-order valence-electron chi connectivity index (χ2n) is 11.6. The van der Waals surface area contributed by atoms with Crippen LogP contribution < -0.4 is 30.2 Å². The molecule has 0 atom stereocenters. The number of fused-ring (bicyclic) bond motifs is 1. The lowest BCUT2D eigenvalue weighted by molar-refractivity contribution is -0.136. The molecule has 3 N–H and O–H groups in total. The van der Waals surface area contributed by atoms with E-state index in [9.17, 15) is 9.59 Å². The number of amides is 2. The maximum atomic E-state index is 15.3. The van der Waals surface area contributed by atoms with Crippen molar-refractivity contribution in [1.82, 2.24) is 15.6 Å². The Morgan fingerprint density at radius 2 is 1.56 bits per heavy atom. The summed E-state index contributed by atoms with van der Waals surface area (Å²) in [6.45, 7) is 2.75. The molecule has 48 heavy (non-hydrogen) atoms. The molecule has 0 aliphatic carbocycles. The van der Waals surface area contributed by atoms with E-state index in [2.05, 4.69) is 20.9 Å². The predicted octanol–water partition coefficient (Wildman–Crippen LogP) is 6.44. The molecule has 0 spiro atoms. The molecule has 10 heteroatoms. The van der Waals surface area contributed by atoms with Crippen LogP contribution in [0.4, 0.5) is 10.1 Å². The molecule has 1 fully saturated rings. The Kier molecular flexibility index (Phi) is 10.4. The van der Waals surface area contributed by atoms with E-state index in [4.69, 9.17) is 14.2 Å². The van der Waals surface area contributed by atoms with Crippen LogP contribution in [0.5, 0.6) is 23.0 Å². The lowest BCUT2D eigenvalue weighted by Gasteiger charge is -2.23. The van der Waals surface area contributed by atoms with Gasteiger partial charge >= 0.3 is 11.8 Å². The number of nitrogens with one attached hydrogen (secondary N) is 3. The number of hydrogen-bond acceptors (Lipinski definition) is 7. The summed E-state index contributed by atoms with van der Waals surface area (Å²) in [5.74, 6) is -0.792. The second kappa shape index (κ2) is 15.4. The van der Waals surface area contributed by atoms with E-state index < -0.39 is 17.6 Å². The number of carbonyl (C=O) groups is 2. The summed E-state index contributed by atoms with van der Waals surface area (Å²) in [6.07, 6.45) is 3.66. The molecule has 0 radical (unpaired) electrons. The number of aromatic nitrogens is 1. The van der Waals surface area contributed by atoms with Crippen LogP contribution in [0.25, 0.3) is 10.9 Å². The Morgan fingerprint density at radius 1 is 0.875 bits per heavy atom. The third-order valence-corrected chi connectivity index (χ3v) is 8.41. The average Bonchev–Trinajstić information content (AvgIpc) is 3.13. The number of hydrogen-bond donors (Lipinski definition) is 3. The fourth-order valence-electron chi connectivity index (χ4n) is 5.85. The topological polar surface area (TPSA) is 111 Å². The normalized spacial score (nSPS) is 13.2. The van der Waals surface area contributed by atoms with Crippen LogP contribution in [-0.4, -0.2) is 50.1 Å². The zero-order chi connectivity index (χ0) is 33.3. The highest BCUT2D eigenvalue weighted by Crippen LogP contribution is 2.40. The van der Waals surface area contributed by atoms with Crippen LogP contribution >= 0.6 is 0 Å². The van der Waals surface area contributed by atoms with Gasteiger partial charge in [-0.05, 0) is 73.3 Å². The van der Waals surface area contributed by atoms with Gasteiger partial charge in [0.05, 0.1) is 13.7 Å². The van der Waals surface area contributed by atoms with Gasteiger partial charge in [-0.3, -0.25) is 14.6 Å². The summed E-state index contributed by atoms with van der Waals surface area (Å²) < 4.78 is 33.0. The SMILES string of the molecule is COc1c(OCC2CCNCC2)ccc2c(Oc3ccc(NC(=O)C(=O)NCC(c4ccccc4)c4ccccc4)cc3F)ccnc12. The Labute approximate surface area is 278 Å². The molecule has 0 unspecified atom stereocenters. The van der Waals surface area contributed by atoms with E-state index >= 15 is 4.39 Å². The van der Waals surface area contributed by atoms with Crippen molar-refractivity contribution in [3.63, 3.8) is 0 Å². The Balaban J connectivity index is 1.10. The summed E-state index contributed by atoms with van der Waals surface area (Å²) in [6, 6.07) is 28.7. The molecule has 2 heterocycles. The Morgan fingerprint density at radius 3 is 2.23 bits per heavy atom. The highest BCUT2D eigenvalue weighted by Gasteiger charge is 2.21. The summed E-state index contributed by atoms with van der Waals surface area (Å²) in [5.41, 5.74) is 2.64. The van der Waals surface area contributed by atoms with Gasteiger partial charge in [0.25, 0.3) is 0 Å². The van der Waals surface area contributed by atoms with Gasteiger partial charge in [-0.1, -0.05) is 60.7 Å². The maximum absolute atomic E-state index is 15.3. The van der Waals surface area contributed by atoms with Crippen LogP contribution in [0.2, 0.25) is 0 Å². The van der Waals surface area contributed by atoms with Gasteiger partial charge in [0.1, 0.15) is 11.3 Å². The van der Waals surface area contributed by atoms with Gasteiger partial charge in [0, 0.05) is 35.8 Å². The van der Waals surface area contributed by atoms with Gasteiger partial charge in [-0.15, -0.1) is 0 Å². The minimum atomic E-state index is -0.909. The third-order valence-electron chi connectivity index (χ3n) is 8.41. The van der Waals surface area contributed by atoms with Crippen LogP contribution in [-0.2, 0) is 9.59 Å². The van der Waals surface area contributed by atoms with Gasteiger partial charge < -0.3 is 30.2 Å². The standard InChI is InChI=1S/C38H37FN4O5/c1-46-36-34(47-24-25-16-19-40-20-17-25)15-13-29-32(18-21-41-35(29)36)48-33-14-12-28(22-31(33)39)43-38(45)37(44)42-23-30(26-8-4-2-5-9-26)27-10-6-3-7-11-27/h2-15,18,21-22,25,30,40H,16-17,19-20,23-24H2,1H3,(H,42,44)(H,43,45). The molecular weight excluding hydrogens is 611 g/mol. The largest absolute Gasteiger partial charge is 0.491 e. The van der Waals surface area contributed by atoms with Crippen molar-refractivity contribution in [2.45, 2.75) is 18.8 Å². The van der Waals surface area contributed by atoms with Crippen molar-refractivity contribution < 1.29 is 28.2 Å². The first-order chi connectivity index (χ1) is 23.5. The van der Waals surface area contributed by atoms with Crippen molar-refractivity contribution in [3.05, 3.63) is 120 Å². The molecule has 1 aliphatic rings. The van der Waals surface area contributed by atoms with Gasteiger partial charge in [0.2, 0.25) is 0 Å². The Bertz CT molecular complexity index is 1830. The number of piperidine rings is 1. The molecule has 1 aromatic heterocycles. The smallest absolute Gasteiger partial charge is 0.313 e. The number of pyridine rings is 1. The van der Waals surface area contributed by atoms with Crippen LogP contribution in [0.3, 0.4) is 0 Å². The molecule has 0 bridgehead atoms. The maximum Gasteiger partial charge on any atom is 0.313 e. The second-order valence-corrected chi connectivity index (χ2v) is 11.6. The van der Waals surface area contributed by atoms with Gasteiger partial charge in [-0.25, -0.2) is 4.39 Å². The zero-order valence-electron chi connectivity index (χ0n) is 26.6. The number of rotatable bonds is 11. The average molecular weight is 649 g/mol. The molecule has 0 saturated carbocycles. The molecule has 1 aliphatic heterocycles. The van der Waals surface area contributed by atoms with E-state index in [1.807, 2.05) is 66.7 Å². The molecule has 2 amide bonds. The molecule has 1 saturated heterocycles. The number of methoxy groups -OCH3 is 1. The predicted molar refractivity (Wildman–Crippen MR) is 182 cm³/mol.